The van der Waals surface area contributed by atoms with Gasteiger partial charge in [-0.1, -0.05) is 49.1 Å². The Morgan fingerprint density at radius 1 is 1.08 bits per heavy atom. The number of hydrogen-bond donors (Lipinski definition) is 0. The average Bonchev–Trinajstić information content (AvgIpc) is 2.04. The van der Waals surface area contributed by atoms with Crippen molar-refractivity contribution >= 4 is 24.9 Å². The van der Waals surface area contributed by atoms with Gasteiger partial charge in [0, 0.05) is 5.88 Å². The summed E-state index contributed by atoms with van der Waals surface area (Å²) in [5.41, 5.74) is 1.34. The van der Waals surface area contributed by atoms with E-state index in [4.69, 9.17) is 11.6 Å². The van der Waals surface area contributed by atoms with Crippen LogP contribution >= 0.6 is 11.6 Å². The molecule has 0 fully saturated rings. The molecule has 0 nitrogen and oxygen atoms in total. The van der Waals surface area contributed by atoms with Crippen molar-refractivity contribution in [3.8, 4) is 0 Å². The lowest BCUT2D eigenvalue weighted by molar-refractivity contribution is 1.15. The molecule has 0 bridgehead atoms. The fourth-order valence-corrected chi connectivity index (χ4v) is 2.67. The van der Waals surface area contributed by atoms with Gasteiger partial charge in [0.25, 0.3) is 0 Å². The molecule has 0 amide bonds. The van der Waals surface area contributed by atoms with Crippen LogP contribution in [0.3, 0.4) is 0 Å². The second kappa shape index (κ2) is 4.29. The summed E-state index contributed by atoms with van der Waals surface area (Å²) in [4.78, 5) is 0. The van der Waals surface area contributed by atoms with Crippen LogP contribution in [0, 0.1) is 0 Å². The van der Waals surface area contributed by atoms with Crippen molar-refractivity contribution in [1.82, 2.24) is 0 Å². The molecule has 1 aromatic carbocycles. The normalized spacial score (nSPS) is 11.7. The molecule has 0 saturated heterocycles. The van der Waals surface area contributed by atoms with Crippen LogP contribution in [-0.2, 0) is 6.42 Å². The van der Waals surface area contributed by atoms with Gasteiger partial charge in [0.05, 0.1) is 8.07 Å². The quantitative estimate of drug-likeness (QED) is 0.534. The summed E-state index contributed by atoms with van der Waals surface area (Å²) >= 11 is 5.67. The van der Waals surface area contributed by atoms with Crippen molar-refractivity contribution in [2.75, 3.05) is 5.88 Å². The van der Waals surface area contributed by atoms with E-state index in [-0.39, 0.29) is 0 Å². The zero-order valence-electron chi connectivity index (χ0n) is 8.60. The Morgan fingerprint density at radius 3 is 2.00 bits per heavy atom. The van der Waals surface area contributed by atoms with E-state index in [1.54, 1.807) is 0 Å². The van der Waals surface area contributed by atoms with Gasteiger partial charge >= 0.3 is 0 Å². The molecule has 0 spiro atoms. The molecule has 72 valence electrons. The minimum absolute atomic E-state index is 0.715. The number of hydrogen-bond acceptors (Lipinski definition) is 0. The van der Waals surface area contributed by atoms with Gasteiger partial charge in [-0.2, -0.15) is 0 Å². The number of benzene rings is 1. The highest BCUT2D eigenvalue weighted by molar-refractivity contribution is 6.88. The van der Waals surface area contributed by atoms with E-state index in [1.807, 2.05) is 0 Å². The summed E-state index contributed by atoms with van der Waals surface area (Å²) in [7, 11) is -1.11. The summed E-state index contributed by atoms with van der Waals surface area (Å²) in [6, 6.07) is 8.92. The summed E-state index contributed by atoms with van der Waals surface area (Å²) in [5, 5.41) is 1.52. The Morgan fingerprint density at radius 2 is 1.62 bits per heavy atom. The van der Waals surface area contributed by atoms with Crippen LogP contribution in [0.15, 0.2) is 24.3 Å². The van der Waals surface area contributed by atoms with Crippen molar-refractivity contribution in [2.24, 2.45) is 0 Å². The molecule has 0 aliphatic rings. The molecular formula is C11H17ClSi. The first-order valence-corrected chi connectivity index (χ1v) is 8.73. The maximum atomic E-state index is 5.67. The second-order valence-corrected chi connectivity index (χ2v) is 9.84. The highest BCUT2D eigenvalue weighted by Crippen LogP contribution is 2.05. The molecule has 0 unspecified atom stereocenters. The van der Waals surface area contributed by atoms with Gasteiger partial charge in [-0.25, -0.2) is 0 Å². The molecule has 0 aliphatic heterocycles. The minimum Gasteiger partial charge on any atom is -0.126 e. The van der Waals surface area contributed by atoms with Gasteiger partial charge < -0.3 is 0 Å². The van der Waals surface area contributed by atoms with Gasteiger partial charge in [-0.05, 0) is 12.0 Å². The lowest BCUT2D eigenvalue weighted by Gasteiger charge is -2.16. The number of aryl methyl sites for hydroxylation is 1. The average molecular weight is 213 g/mol. The predicted molar refractivity (Wildman–Crippen MR) is 63.8 cm³/mol. The molecule has 0 saturated carbocycles. The van der Waals surface area contributed by atoms with Crippen LogP contribution in [0.2, 0.25) is 19.6 Å². The molecule has 0 aromatic heterocycles. The van der Waals surface area contributed by atoms with E-state index < -0.39 is 8.07 Å². The first kappa shape index (κ1) is 10.8. The maximum Gasteiger partial charge on any atom is 0.0775 e. The molecule has 0 radical (unpaired) electrons. The molecule has 1 aromatic rings. The zero-order chi connectivity index (χ0) is 9.90. The van der Waals surface area contributed by atoms with E-state index in [0.29, 0.717) is 5.88 Å². The predicted octanol–water partition coefficient (Wildman–Crippen LogP) is 3.01. The van der Waals surface area contributed by atoms with Gasteiger partial charge in [0.15, 0.2) is 0 Å². The van der Waals surface area contributed by atoms with E-state index in [1.165, 1.54) is 10.8 Å². The molecule has 0 N–H and O–H groups in total. The summed E-state index contributed by atoms with van der Waals surface area (Å²) in [5.74, 6) is 0.715. The lowest BCUT2D eigenvalue weighted by Crippen LogP contribution is -2.37. The van der Waals surface area contributed by atoms with Crippen LogP contribution in [0.5, 0.6) is 0 Å². The van der Waals surface area contributed by atoms with Crippen LogP contribution in [0.4, 0.5) is 0 Å². The highest BCUT2D eigenvalue weighted by Gasteiger charge is 2.15. The third-order valence-corrected chi connectivity index (χ3v) is 4.46. The Balaban J connectivity index is 2.81. The van der Waals surface area contributed by atoms with Crippen LogP contribution in [0.25, 0.3) is 0 Å². The van der Waals surface area contributed by atoms with Gasteiger partial charge in [0.2, 0.25) is 0 Å². The van der Waals surface area contributed by atoms with Crippen molar-refractivity contribution in [3.63, 3.8) is 0 Å². The standard InChI is InChI=1S/C11H17ClSi/c1-13(2,3)11-6-4-10(5-7-11)8-9-12/h4-7H,8-9H2,1-3H3. The second-order valence-electron chi connectivity index (χ2n) is 4.39. The summed E-state index contributed by atoms with van der Waals surface area (Å²) in [6.07, 6.45) is 0.980. The first-order valence-electron chi connectivity index (χ1n) is 4.69. The fraction of sp³-hybridized carbons (Fsp3) is 0.455. The van der Waals surface area contributed by atoms with Crippen LogP contribution in [0.1, 0.15) is 5.56 Å². The summed E-state index contributed by atoms with van der Waals surface area (Å²) in [6.45, 7) is 7.09. The Bertz CT molecular complexity index is 258. The fourth-order valence-electron chi connectivity index (χ4n) is 1.28. The summed E-state index contributed by atoms with van der Waals surface area (Å²) < 4.78 is 0. The topological polar surface area (TPSA) is 0 Å². The van der Waals surface area contributed by atoms with E-state index in [9.17, 15) is 0 Å². The van der Waals surface area contributed by atoms with Gasteiger partial charge in [-0.15, -0.1) is 11.6 Å². The molecule has 0 heterocycles. The molecule has 0 atom stereocenters. The minimum atomic E-state index is -1.11. The smallest absolute Gasteiger partial charge is 0.0775 e. The van der Waals surface area contributed by atoms with Crippen molar-refractivity contribution in [2.45, 2.75) is 26.1 Å². The molecule has 13 heavy (non-hydrogen) atoms. The highest BCUT2D eigenvalue weighted by atomic mass is 35.5. The number of halogens is 1. The number of alkyl halides is 1. The van der Waals surface area contributed by atoms with E-state index >= 15 is 0 Å². The third-order valence-electron chi connectivity index (χ3n) is 2.20. The monoisotopic (exact) mass is 212 g/mol. The molecule has 2 heteroatoms. The Kier molecular flexibility index (Phi) is 3.57. The first-order chi connectivity index (χ1) is 6.04. The Labute approximate surface area is 86.9 Å². The van der Waals surface area contributed by atoms with E-state index in [0.717, 1.165) is 6.42 Å². The molecule has 0 aliphatic carbocycles. The molecular weight excluding hydrogens is 196 g/mol. The lowest BCUT2D eigenvalue weighted by atomic mass is 10.2. The third kappa shape index (κ3) is 3.16. The zero-order valence-corrected chi connectivity index (χ0v) is 10.4. The van der Waals surface area contributed by atoms with Crippen LogP contribution < -0.4 is 5.19 Å². The van der Waals surface area contributed by atoms with E-state index in [2.05, 4.69) is 43.9 Å². The SMILES string of the molecule is C[Si](C)(C)c1ccc(CCCl)cc1. The van der Waals surface area contributed by atoms with Crippen molar-refractivity contribution in [1.29, 1.82) is 0 Å². The van der Waals surface area contributed by atoms with Gasteiger partial charge in [-0.3, -0.25) is 0 Å². The van der Waals surface area contributed by atoms with Crippen molar-refractivity contribution in [3.05, 3.63) is 29.8 Å². The van der Waals surface area contributed by atoms with Crippen LogP contribution in [-0.4, -0.2) is 14.0 Å². The maximum absolute atomic E-state index is 5.67. The Hall–Kier alpha value is -0.273. The number of rotatable bonds is 3. The van der Waals surface area contributed by atoms with Gasteiger partial charge in [0.1, 0.15) is 0 Å². The van der Waals surface area contributed by atoms with Crippen molar-refractivity contribution < 1.29 is 0 Å². The largest absolute Gasteiger partial charge is 0.126 e. The molecule has 1 rings (SSSR count).